The molecule has 3 rings (SSSR count). The summed E-state index contributed by atoms with van der Waals surface area (Å²) in [5.41, 5.74) is 0.205. The molecule has 0 aromatic carbocycles. The van der Waals surface area contributed by atoms with Crippen molar-refractivity contribution in [3.63, 3.8) is 0 Å². The first-order valence-electron chi connectivity index (χ1n) is 9.53. The zero-order valence-corrected chi connectivity index (χ0v) is 16.7. The van der Waals surface area contributed by atoms with Gasteiger partial charge in [0.1, 0.15) is 24.3 Å². The van der Waals surface area contributed by atoms with Crippen LogP contribution in [0.25, 0.3) is 5.65 Å². The maximum Gasteiger partial charge on any atom is 0.326 e. The minimum atomic E-state index is -1.00. The van der Waals surface area contributed by atoms with E-state index in [4.69, 9.17) is 4.74 Å². The smallest absolute Gasteiger partial charge is 0.326 e. The summed E-state index contributed by atoms with van der Waals surface area (Å²) in [5, 5.41) is 2.65. The lowest BCUT2D eigenvalue weighted by Gasteiger charge is -2.21. The molecule has 1 aliphatic rings. The van der Waals surface area contributed by atoms with Crippen molar-refractivity contribution in [2.75, 3.05) is 6.54 Å². The van der Waals surface area contributed by atoms with Crippen LogP contribution < -0.4 is 10.9 Å². The van der Waals surface area contributed by atoms with Crippen LogP contribution in [0.5, 0.6) is 0 Å². The molecule has 29 heavy (non-hydrogen) atoms. The lowest BCUT2D eigenvalue weighted by atomic mass is 9.95. The SMILES string of the molecule is CCCC[C@@]1(C)NC(=O)N(CC(=O)OCc2cc(=O)n3c(C)cccc3n2)C1=O. The van der Waals surface area contributed by atoms with Crippen LogP contribution in [-0.4, -0.2) is 44.3 Å². The van der Waals surface area contributed by atoms with E-state index >= 15 is 0 Å². The Hall–Kier alpha value is -3.23. The topological polar surface area (TPSA) is 110 Å². The molecule has 2 aromatic rings. The number of carbonyl (C=O) groups is 3. The van der Waals surface area contributed by atoms with Crippen molar-refractivity contribution in [3.05, 3.63) is 46.0 Å². The minimum Gasteiger partial charge on any atom is -0.458 e. The Kier molecular flexibility index (Phi) is 5.67. The first-order chi connectivity index (χ1) is 13.7. The van der Waals surface area contributed by atoms with Gasteiger partial charge in [0.25, 0.3) is 11.5 Å². The molecular formula is C20H24N4O5. The molecule has 0 radical (unpaired) electrons. The van der Waals surface area contributed by atoms with Gasteiger partial charge in [0.05, 0.1) is 5.69 Å². The van der Waals surface area contributed by atoms with Crippen LogP contribution in [-0.2, 0) is 20.9 Å². The number of rotatable bonds is 7. The maximum atomic E-state index is 12.6. The van der Waals surface area contributed by atoms with E-state index in [2.05, 4.69) is 10.3 Å². The van der Waals surface area contributed by atoms with Crippen molar-refractivity contribution in [3.8, 4) is 0 Å². The fraction of sp³-hybridized carbons (Fsp3) is 0.450. The Bertz CT molecular complexity index is 1030. The molecular weight excluding hydrogens is 376 g/mol. The summed E-state index contributed by atoms with van der Waals surface area (Å²) in [6.45, 7) is 4.73. The van der Waals surface area contributed by atoms with E-state index < -0.39 is 30.0 Å². The summed E-state index contributed by atoms with van der Waals surface area (Å²) in [7, 11) is 0. The molecule has 9 heteroatoms. The second-order valence-corrected chi connectivity index (χ2v) is 7.36. The zero-order valence-electron chi connectivity index (χ0n) is 16.7. The number of nitrogens with one attached hydrogen (secondary N) is 1. The van der Waals surface area contributed by atoms with Gasteiger partial charge >= 0.3 is 12.0 Å². The van der Waals surface area contributed by atoms with Crippen LogP contribution >= 0.6 is 0 Å². The number of esters is 1. The number of nitrogens with zero attached hydrogens (tertiary/aromatic N) is 3. The van der Waals surface area contributed by atoms with Gasteiger partial charge in [-0.2, -0.15) is 0 Å². The number of ether oxygens (including phenoxy) is 1. The first-order valence-corrected chi connectivity index (χ1v) is 9.53. The number of imide groups is 1. The van der Waals surface area contributed by atoms with E-state index in [1.807, 2.05) is 6.92 Å². The average Bonchev–Trinajstić information content (AvgIpc) is 2.88. The number of urea groups is 1. The predicted octanol–water partition coefficient (Wildman–Crippen LogP) is 1.55. The third kappa shape index (κ3) is 4.13. The van der Waals surface area contributed by atoms with Gasteiger partial charge in [0.15, 0.2) is 0 Å². The number of hydrogen-bond donors (Lipinski definition) is 1. The molecule has 1 saturated heterocycles. The number of aryl methyl sites for hydroxylation is 1. The molecule has 1 N–H and O–H groups in total. The van der Waals surface area contributed by atoms with Crippen LogP contribution in [0.3, 0.4) is 0 Å². The molecule has 0 spiro atoms. The van der Waals surface area contributed by atoms with Crippen LogP contribution in [0.1, 0.15) is 44.5 Å². The summed E-state index contributed by atoms with van der Waals surface area (Å²) in [6.07, 6.45) is 2.17. The predicted molar refractivity (Wildman–Crippen MR) is 104 cm³/mol. The van der Waals surface area contributed by atoms with Crippen molar-refractivity contribution < 1.29 is 19.1 Å². The second-order valence-electron chi connectivity index (χ2n) is 7.36. The molecule has 1 atom stereocenters. The van der Waals surface area contributed by atoms with E-state index in [1.54, 1.807) is 32.0 Å². The summed E-state index contributed by atoms with van der Waals surface area (Å²) >= 11 is 0. The number of carbonyl (C=O) groups excluding carboxylic acids is 3. The van der Waals surface area contributed by atoms with Gasteiger partial charge in [0.2, 0.25) is 0 Å². The second kappa shape index (κ2) is 8.02. The number of hydrogen-bond acceptors (Lipinski definition) is 6. The summed E-state index contributed by atoms with van der Waals surface area (Å²) in [4.78, 5) is 54.3. The van der Waals surface area contributed by atoms with Gasteiger partial charge in [-0.05, 0) is 32.4 Å². The summed E-state index contributed by atoms with van der Waals surface area (Å²) in [6, 6.07) is 5.94. The molecule has 0 unspecified atom stereocenters. The van der Waals surface area contributed by atoms with Gasteiger partial charge in [0, 0.05) is 11.8 Å². The van der Waals surface area contributed by atoms with E-state index in [0.717, 1.165) is 23.4 Å². The number of unbranched alkanes of at least 4 members (excludes halogenated alkanes) is 1. The Morgan fingerprint density at radius 3 is 2.76 bits per heavy atom. The Balaban J connectivity index is 1.65. The average molecular weight is 400 g/mol. The molecule has 2 aromatic heterocycles. The third-order valence-electron chi connectivity index (χ3n) is 4.98. The zero-order chi connectivity index (χ0) is 21.2. The molecule has 1 fully saturated rings. The lowest BCUT2D eigenvalue weighted by molar-refractivity contribution is -0.148. The van der Waals surface area contributed by atoms with Crippen molar-refractivity contribution in [2.24, 2.45) is 0 Å². The Labute approximate surface area is 167 Å². The van der Waals surface area contributed by atoms with E-state index in [-0.39, 0.29) is 12.2 Å². The Morgan fingerprint density at radius 2 is 2.03 bits per heavy atom. The highest BCUT2D eigenvalue weighted by atomic mass is 16.5. The fourth-order valence-electron chi connectivity index (χ4n) is 3.36. The number of aromatic nitrogens is 2. The van der Waals surface area contributed by atoms with E-state index in [1.165, 1.54) is 10.5 Å². The van der Waals surface area contributed by atoms with Crippen molar-refractivity contribution in [1.82, 2.24) is 19.6 Å². The highest BCUT2D eigenvalue weighted by Gasteiger charge is 2.47. The van der Waals surface area contributed by atoms with Crippen LogP contribution in [0.4, 0.5) is 4.79 Å². The highest BCUT2D eigenvalue weighted by Crippen LogP contribution is 2.23. The molecule has 3 heterocycles. The summed E-state index contributed by atoms with van der Waals surface area (Å²) in [5.74, 6) is -1.19. The van der Waals surface area contributed by atoms with Gasteiger partial charge in [-0.25, -0.2) is 9.78 Å². The number of amides is 3. The van der Waals surface area contributed by atoms with Gasteiger partial charge in [-0.15, -0.1) is 0 Å². The number of fused-ring (bicyclic) bond motifs is 1. The standard InChI is InChI=1S/C20H24N4O5/c1-4-5-9-20(3)18(27)23(19(28)22-20)11-17(26)29-12-14-10-16(25)24-13(2)7-6-8-15(24)21-14/h6-8,10H,4-5,9,11-12H2,1-3H3,(H,22,28)/t20-/m1/s1. The van der Waals surface area contributed by atoms with E-state index in [0.29, 0.717) is 17.8 Å². The Morgan fingerprint density at radius 1 is 1.28 bits per heavy atom. The van der Waals surface area contributed by atoms with Crippen molar-refractivity contribution in [2.45, 2.75) is 52.2 Å². The van der Waals surface area contributed by atoms with Crippen molar-refractivity contribution >= 4 is 23.6 Å². The first kappa shape index (κ1) is 20.5. The quantitative estimate of drug-likeness (QED) is 0.558. The van der Waals surface area contributed by atoms with Crippen LogP contribution in [0.2, 0.25) is 0 Å². The fourth-order valence-corrected chi connectivity index (χ4v) is 3.36. The minimum absolute atomic E-state index is 0.227. The molecule has 3 amide bonds. The monoisotopic (exact) mass is 400 g/mol. The molecule has 1 aliphatic heterocycles. The molecule has 9 nitrogen and oxygen atoms in total. The van der Waals surface area contributed by atoms with Crippen molar-refractivity contribution in [1.29, 1.82) is 0 Å². The van der Waals surface area contributed by atoms with E-state index in [9.17, 15) is 19.2 Å². The lowest BCUT2D eigenvalue weighted by Crippen LogP contribution is -2.44. The normalized spacial score (nSPS) is 18.9. The molecule has 0 saturated carbocycles. The maximum absolute atomic E-state index is 12.6. The van der Waals surface area contributed by atoms with Gasteiger partial charge in [-0.1, -0.05) is 25.8 Å². The number of pyridine rings is 1. The summed E-state index contributed by atoms with van der Waals surface area (Å²) < 4.78 is 6.60. The highest BCUT2D eigenvalue weighted by molar-refractivity contribution is 6.08. The molecule has 154 valence electrons. The van der Waals surface area contributed by atoms with Crippen LogP contribution in [0, 0.1) is 6.92 Å². The van der Waals surface area contributed by atoms with Gasteiger partial charge in [-0.3, -0.25) is 23.7 Å². The largest absolute Gasteiger partial charge is 0.458 e. The molecule has 0 aliphatic carbocycles. The third-order valence-corrected chi connectivity index (χ3v) is 4.98. The van der Waals surface area contributed by atoms with Crippen LogP contribution in [0.15, 0.2) is 29.1 Å². The van der Waals surface area contributed by atoms with Gasteiger partial charge < -0.3 is 10.1 Å². The molecule has 0 bridgehead atoms.